The van der Waals surface area contributed by atoms with E-state index >= 15 is 0 Å². The van der Waals surface area contributed by atoms with Crippen LogP contribution in [-0.4, -0.2) is 79.7 Å². The van der Waals surface area contributed by atoms with Crippen molar-refractivity contribution < 1.29 is 37.8 Å². The molecule has 4 atom stereocenters. The second kappa shape index (κ2) is 14.4. The van der Waals surface area contributed by atoms with Crippen LogP contribution in [0.25, 0.3) is 0 Å². The summed E-state index contributed by atoms with van der Waals surface area (Å²) >= 11 is 0. The summed E-state index contributed by atoms with van der Waals surface area (Å²) < 4.78 is 23.8. The molecule has 238 valence electrons. The summed E-state index contributed by atoms with van der Waals surface area (Å²) in [7, 11) is -2.37. The van der Waals surface area contributed by atoms with Crippen molar-refractivity contribution in [2.75, 3.05) is 13.2 Å². The van der Waals surface area contributed by atoms with Gasteiger partial charge < -0.3 is 24.0 Å². The highest BCUT2D eigenvalue weighted by Gasteiger charge is 2.54. The van der Waals surface area contributed by atoms with E-state index in [4.69, 9.17) is 18.6 Å². The molecular formula is C30H56N2O8Si. The highest BCUT2D eigenvalue weighted by Crippen LogP contribution is 2.43. The van der Waals surface area contributed by atoms with Gasteiger partial charge in [-0.05, 0) is 64.6 Å². The zero-order valence-corrected chi connectivity index (χ0v) is 28.9. The van der Waals surface area contributed by atoms with Gasteiger partial charge in [-0.15, -0.1) is 0 Å². The highest BCUT2D eigenvalue weighted by atomic mass is 28.4. The Morgan fingerprint density at radius 1 is 0.854 bits per heavy atom. The fourth-order valence-electron chi connectivity index (χ4n) is 6.25. The van der Waals surface area contributed by atoms with Crippen LogP contribution in [0.2, 0.25) is 16.6 Å². The zero-order valence-electron chi connectivity index (χ0n) is 27.9. The Hall–Kier alpha value is -2.14. The van der Waals surface area contributed by atoms with Crippen LogP contribution in [0.4, 0.5) is 4.79 Å². The number of likely N-dealkylation sites (tertiary alicyclic amines) is 1. The van der Waals surface area contributed by atoms with Gasteiger partial charge in [0.1, 0.15) is 17.2 Å². The Kier molecular flexibility index (Phi) is 12.9. The quantitative estimate of drug-likeness (QED) is 0.185. The largest absolute Gasteiger partial charge is 0.465 e. The normalized spacial score (nSPS) is 20.8. The summed E-state index contributed by atoms with van der Waals surface area (Å²) in [4.78, 5) is 53.1. The van der Waals surface area contributed by atoms with Crippen LogP contribution in [-0.2, 0) is 33.0 Å². The smallest absolute Gasteiger partial charge is 0.411 e. The maximum absolute atomic E-state index is 13.8. The number of amides is 2. The van der Waals surface area contributed by atoms with Crippen molar-refractivity contribution in [3.63, 3.8) is 0 Å². The molecule has 1 heterocycles. The molecule has 10 nitrogen and oxygen atoms in total. The summed E-state index contributed by atoms with van der Waals surface area (Å²) in [6.07, 6.45) is -0.539. The molecule has 1 aliphatic rings. The fourth-order valence-corrected chi connectivity index (χ4v) is 11.7. The lowest BCUT2D eigenvalue weighted by Gasteiger charge is -2.44. The molecule has 0 aromatic carbocycles. The molecule has 0 bridgehead atoms. The number of carbonyl (C=O) groups excluding carboxylic acids is 4. The van der Waals surface area contributed by atoms with Crippen LogP contribution in [0.1, 0.15) is 103 Å². The van der Waals surface area contributed by atoms with Gasteiger partial charge in [-0.1, -0.05) is 41.5 Å². The summed E-state index contributed by atoms with van der Waals surface area (Å²) in [6.45, 7) is 26.3. The van der Waals surface area contributed by atoms with Crippen LogP contribution in [0.15, 0.2) is 0 Å². The third-order valence-corrected chi connectivity index (χ3v) is 13.6. The maximum Gasteiger partial charge on any atom is 0.411 e. The first-order valence-corrected chi connectivity index (χ1v) is 17.0. The summed E-state index contributed by atoms with van der Waals surface area (Å²) in [6, 6.07) is -2.46. The monoisotopic (exact) mass is 600 g/mol. The topological polar surface area (TPSA) is 120 Å². The van der Waals surface area contributed by atoms with Crippen molar-refractivity contribution in [3.8, 4) is 0 Å². The van der Waals surface area contributed by atoms with Gasteiger partial charge in [0.05, 0.1) is 25.3 Å². The Balaban J connectivity index is 3.74. The average molecular weight is 601 g/mol. The molecule has 1 saturated heterocycles. The van der Waals surface area contributed by atoms with Gasteiger partial charge in [-0.3, -0.25) is 14.5 Å². The molecule has 1 fully saturated rings. The molecule has 1 rings (SSSR count). The number of ether oxygens (including phenoxy) is 3. The number of hydrogen-bond donors (Lipinski definition) is 1. The molecule has 0 aromatic rings. The molecule has 1 aliphatic heterocycles. The standard InChI is InChI=1S/C30H56N2O8Si/c1-18(2)41(19(3)4,20(5)6)38-17-24(31-21(7)33)26-23(16-37-22(8)34)15-25(27(35)39-29(9,10)11)32(26)28(36)40-30(12,13)14/h18-20,23-26H,15-17H2,1-14H3,(H,31,33)/t23-,24+,25+,26+/m0/s1. The summed E-state index contributed by atoms with van der Waals surface area (Å²) in [5.74, 6) is -1.86. The van der Waals surface area contributed by atoms with Crippen LogP contribution in [0.5, 0.6) is 0 Å². The van der Waals surface area contributed by atoms with Crippen molar-refractivity contribution in [2.24, 2.45) is 5.92 Å². The molecule has 41 heavy (non-hydrogen) atoms. The highest BCUT2D eigenvalue weighted by molar-refractivity contribution is 6.77. The van der Waals surface area contributed by atoms with Gasteiger partial charge in [-0.2, -0.15) is 0 Å². The minimum absolute atomic E-state index is 0.0458. The van der Waals surface area contributed by atoms with E-state index in [9.17, 15) is 19.2 Å². The number of nitrogens with one attached hydrogen (secondary N) is 1. The molecular weight excluding hydrogens is 544 g/mol. The van der Waals surface area contributed by atoms with E-state index in [1.165, 1.54) is 18.7 Å². The lowest BCUT2D eigenvalue weighted by Crippen LogP contribution is -2.60. The molecule has 0 aromatic heterocycles. The number of rotatable bonds is 11. The van der Waals surface area contributed by atoms with Crippen LogP contribution >= 0.6 is 0 Å². The third kappa shape index (κ3) is 10.3. The van der Waals surface area contributed by atoms with Crippen molar-refractivity contribution in [1.29, 1.82) is 0 Å². The average Bonchev–Trinajstić information content (AvgIpc) is 3.13. The van der Waals surface area contributed by atoms with E-state index in [0.717, 1.165) is 0 Å². The molecule has 0 aliphatic carbocycles. The number of esters is 2. The molecule has 2 amide bonds. The van der Waals surface area contributed by atoms with E-state index in [1.807, 2.05) is 0 Å². The first-order valence-electron chi connectivity index (χ1n) is 14.8. The van der Waals surface area contributed by atoms with E-state index in [1.54, 1.807) is 41.5 Å². The van der Waals surface area contributed by atoms with Gasteiger partial charge in [0, 0.05) is 19.8 Å². The maximum atomic E-state index is 13.8. The minimum Gasteiger partial charge on any atom is -0.465 e. The number of nitrogens with zero attached hydrogens (tertiary/aromatic N) is 1. The van der Waals surface area contributed by atoms with Gasteiger partial charge in [-0.25, -0.2) is 9.59 Å². The SMILES string of the molecule is CC(=O)N[C@H](CO[Si](C(C)C)(C(C)C)C(C)C)[C@H]1[C@H](COC(C)=O)C[C@H](C(=O)OC(C)(C)C)N1C(=O)OC(C)(C)C. The molecule has 0 unspecified atom stereocenters. The van der Waals surface area contributed by atoms with Crippen LogP contribution in [0, 0.1) is 5.92 Å². The Labute approximate surface area is 248 Å². The Morgan fingerprint density at radius 3 is 1.73 bits per heavy atom. The number of carbonyl (C=O) groups is 4. The van der Waals surface area contributed by atoms with E-state index in [2.05, 4.69) is 46.9 Å². The Bertz CT molecular complexity index is 901. The summed E-state index contributed by atoms with van der Waals surface area (Å²) in [5, 5.41) is 3.00. The van der Waals surface area contributed by atoms with E-state index in [-0.39, 0.29) is 42.2 Å². The first-order chi connectivity index (χ1) is 18.5. The number of hydrogen-bond acceptors (Lipinski definition) is 8. The lowest BCUT2D eigenvalue weighted by atomic mass is 9.94. The summed E-state index contributed by atoms with van der Waals surface area (Å²) in [5.41, 5.74) is -0.771. The fraction of sp³-hybridized carbons (Fsp3) is 0.867. The molecule has 0 saturated carbocycles. The predicted octanol–water partition coefficient (Wildman–Crippen LogP) is 5.58. The van der Waals surface area contributed by atoms with Gasteiger partial charge >= 0.3 is 18.0 Å². The molecule has 1 N–H and O–H groups in total. The Morgan fingerprint density at radius 2 is 1.34 bits per heavy atom. The molecule has 11 heteroatoms. The van der Waals surface area contributed by atoms with Crippen molar-refractivity contribution in [1.82, 2.24) is 10.2 Å². The minimum atomic E-state index is -2.37. The first kappa shape index (κ1) is 36.9. The van der Waals surface area contributed by atoms with Crippen molar-refractivity contribution in [2.45, 2.75) is 149 Å². The second-order valence-electron chi connectivity index (χ2n) is 14.2. The molecule has 0 radical (unpaired) electrons. The molecule has 0 spiro atoms. The lowest BCUT2D eigenvalue weighted by molar-refractivity contribution is -0.160. The van der Waals surface area contributed by atoms with E-state index in [0.29, 0.717) is 0 Å². The zero-order chi connectivity index (χ0) is 32.1. The van der Waals surface area contributed by atoms with Crippen molar-refractivity contribution in [3.05, 3.63) is 0 Å². The third-order valence-electron chi connectivity index (χ3n) is 7.47. The predicted molar refractivity (Wildman–Crippen MR) is 161 cm³/mol. The van der Waals surface area contributed by atoms with E-state index < -0.39 is 61.6 Å². The van der Waals surface area contributed by atoms with Crippen LogP contribution < -0.4 is 5.32 Å². The van der Waals surface area contributed by atoms with Gasteiger partial charge in [0.2, 0.25) is 5.91 Å². The second-order valence-corrected chi connectivity index (χ2v) is 19.6. The van der Waals surface area contributed by atoms with Crippen molar-refractivity contribution >= 4 is 32.3 Å². The van der Waals surface area contributed by atoms with Crippen LogP contribution in [0.3, 0.4) is 0 Å². The van der Waals surface area contributed by atoms with Gasteiger partial charge in [0.25, 0.3) is 0 Å². The van der Waals surface area contributed by atoms with Gasteiger partial charge in [0.15, 0.2) is 8.32 Å².